The van der Waals surface area contributed by atoms with Crippen LogP contribution in [0.25, 0.3) is 0 Å². The number of carbonyl (C=O) groups excluding carboxylic acids is 1. The highest BCUT2D eigenvalue weighted by atomic mass is 35.5. The highest BCUT2D eigenvalue weighted by Gasteiger charge is 2.01. The van der Waals surface area contributed by atoms with Crippen LogP contribution >= 0.6 is 11.6 Å². The van der Waals surface area contributed by atoms with Gasteiger partial charge in [0, 0.05) is 18.8 Å². The van der Waals surface area contributed by atoms with Gasteiger partial charge in [-0.25, -0.2) is 0 Å². The summed E-state index contributed by atoms with van der Waals surface area (Å²) in [5.74, 6) is 1.49. The van der Waals surface area contributed by atoms with Crippen molar-refractivity contribution in [3.63, 3.8) is 0 Å². The topological polar surface area (TPSA) is 38.3 Å². The minimum absolute atomic E-state index is 0.0749. The molecule has 0 saturated carbocycles. The van der Waals surface area contributed by atoms with E-state index < -0.39 is 0 Å². The molecule has 0 spiro atoms. The first-order valence-electron chi connectivity index (χ1n) is 5.72. The van der Waals surface area contributed by atoms with Crippen molar-refractivity contribution in [3.05, 3.63) is 29.8 Å². The highest BCUT2D eigenvalue weighted by molar-refractivity contribution is 6.17. The number of rotatable bonds is 7. The predicted molar refractivity (Wildman–Crippen MR) is 69.7 cm³/mol. The molecule has 1 N–H and O–H groups in total. The Hall–Kier alpha value is -1.22. The summed E-state index contributed by atoms with van der Waals surface area (Å²) in [7, 11) is 1.64. The Morgan fingerprint density at radius 1 is 1.35 bits per heavy atom. The molecule has 0 saturated heterocycles. The fraction of sp³-hybridized carbons (Fsp3) is 0.462. The number of hydrogen-bond acceptors (Lipinski definition) is 2. The fourth-order valence-corrected chi connectivity index (χ4v) is 1.57. The van der Waals surface area contributed by atoms with Crippen LogP contribution in [-0.2, 0) is 11.2 Å². The molecule has 1 rings (SSSR count). The fourth-order valence-electron chi connectivity index (χ4n) is 1.43. The maximum atomic E-state index is 11.4. The van der Waals surface area contributed by atoms with Crippen LogP contribution in [0.3, 0.4) is 0 Å². The zero-order valence-corrected chi connectivity index (χ0v) is 10.8. The molecule has 94 valence electrons. The number of hydrogen-bond donors (Lipinski definition) is 1. The standard InChI is InChI=1S/C13H18ClNO2/c1-17-12-6-3-11(4-7-12)5-8-13(16)15-10-2-9-14/h3-4,6-7H,2,5,8-10H2,1H3,(H,15,16). The predicted octanol–water partition coefficient (Wildman–Crippen LogP) is 2.37. The number of ether oxygens (including phenoxy) is 1. The third-order valence-electron chi connectivity index (χ3n) is 2.43. The first kappa shape index (κ1) is 13.8. The van der Waals surface area contributed by atoms with Gasteiger partial charge in [0.25, 0.3) is 0 Å². The van der Waals surface area contributed by atoms with Gasteiger partial charge in [-0.15, -0.1) is 11.6 Å². The Morgan fingerprint density at radius 3 is 2.65 bits per heavy atom. The third-order valence-corrected chi connectivity index (χ3v) is 2.70. The molecular weight excluding hydrogens is 238 g/mol. The van der Waals surface area contributed by atoms with Gasteiger partial charge in [0.05, 0.1) is 7.11 Å². The van der Waals surface area contributed by atoms with Crippen molar-refractivity contribution < 1.29 is 9.53 Å². The molecule has 0 bridgehead atoms. The molecule has 0 aliphatic carbocycles. The lowest BCUT2D eigenvalue weighted by molar-refractivity contribution is -0.121. The van der Waals surface area contributed by atoms with E-state index in [0.717, 1.165) is 24.2 Å². The molecule has 0 aliphatic heterocycles. The van der Waals surface area contributed by atoms with Gasteiger partial charge < -0.3 is 10.1 Å². The van der Waals surface area contributed by atoms with Gasteiger partial charge in [-0.2, -0.15) is 0 Å². The highest BCUT2D eigenvalue weighted by Crippen LogP contribution is 2.12. The quantitative estimate of drug-likeness (QED) is 0.600. The number of methoxy groups -OCH3 is 1. The molecule has 17 heavy (non-hydrogen) atoms. The summed E-state index contributed by atoms with van der Waals surface area (Å²) >= 11 is 5.52. The third kappa shape index (κ3) is 5.59. The van der Waals surface area contributed by atoms with E-state index in [4.69, 9.17) is 16.3 Å². The van der Waals surface area contributed by atoms with E-state index in [-0.39, 0.29) is 5.91 Å². The van der Waals surface area contributed by atoms with E-state index in [9.17, 15) is 4.79 Å². The molecule has 0 heterocycles. The lowest BCUT2D eigenvalue weighted by atomic mass is 10.1. The number of nitrogens with one attached hydrogen (secondary N) is 1. The van der Waals surface area contributed by atoms with Gasteiger partial charge >= 0.3 is 0 Å². The normalized spacial score (nSPS) is 10.0. The maximum absolute atomic E-state index is 11.4. The van der Waals surface area contributed by atoms with Gasteiger partial charge in [-0.3, -0.25) is 4.79 Å². The van der Waals surface area contributed by atoms with Gasteiger partial charge in [-0.1, -0.05) is 12.1 Å². The van der Waals surface area contributed by atoms with Crippen molar-refractivity contribution >= 4 is 17.5 Å². The van der Waals surface area contributed by atoms with Crippen LogP contribution < -0.4 is 10.1 Å². The molecule has 0 unspecified atom stereocenters. The first-order chi connectivity index (χ1) is 8.26. The summed E-state index contributed by atoms with van der Waals surface area (Å²) in [5, 5.41) is 2.83. The number of aryl methyl sites for hydroxylation is 1. The van der Waals surface area contributed by atoms with Gasteiger partial charge in [0.1, 0.15) is 5.75 Å². The molecule has 0 aliphatic rings. The zero-order valence-electron chi connectivity index (χ0n) is 10.0. The van der Waals surface area contributed by atoms with Gasteiger partial charge in [-0.05, 0) is 30.5 Å². The van der Waals surface area contributed by atoms with Crippen molar-refractivity contribution in [2.75, 3.05) is 19.5 Å². The number of benzene rings is 1. The van der Waals surface area contributed by atoms with E-state index in [1.807, 2.05) is 24.3 Å². The molecule has 0 atom stereocenters. The minimum Gasteiger partial charge on any atom is -0.497 e. The van der Waals surface area contributed by atoms with Crippen molar-refractivity contribution in [1.29, 1.82) is 0 Å². The van der Waals surface area contributed by atoms with E-state index in [2.05, 4.69) is 5.32 Å². The number of amides is 1. The SMILES string of the molecule is COc1ccc(CCC(=O)NCCCCl)cc1. The van der Waals surface area contributed by atoms with E-state index in [1.165, 1.54) is 0 Å². The second kappa shape index (κ2) is 7.96. The Labute approximate surface area is 107 Å². The Bertz CT molecular complexity index is 338. The molecule has 1 aromatic rings. The maximum Gasteiger partial charge on any atom is 0.220 e. The molecule has 1 amide bonds. The molecule has 4 heteroatoms. The lowest BCUT2D eigenvalue weighted by Crippen LogP contribution is -2.24. The first-order valence-corrected chi connectivity index (χ1v) is 6.25. The van der Waals surface area contributed by atoms with Crippen molar-refractivity contribution in [2.45, 2.75) is 19.3 Å². The summed E-state index contributed by atoms with van der Waals surface area (Å²) < 4.78 is 5.07. The zero-order chi connectivity index (χ0) is 12.5. The monoisotopic (exact) mass is 255 g/mol. The Kier molecular flexibility index (Phi) is 6.48. The van der Waals surface area contributed by atoms with E-state index in [1.54, 1.807) is 7.11 Å². The average Bonchev–Trinajstić information content (AvgIpc) is 2.37. The second-order valence-electron chi connectivity index (χ2n) is 3.74. The molecule has 0 aromatic heterocycles. The van der Waals surface area contributed by atoms with Crippen LogP contribution in [0.5, 0.6) is 5.75 Å². The van der Waals surface area contributed by atoms with Crippen LogP contribution in [-0.4, -0.2) is 25.4 Å². The van der Waals surface area contributed by atoms with Crippen molar-refractivity contribution in [2.24, 2.45) is 0 Å². The number of carbonyl (C=O) groups is 1. The number of alkyl halides is 1. The van der Waals surface area contributed by atoms with Crippen LogP contribution in [0.2, 0.25) is 0 Å². The summed E-state index contributed by atoms with van der Waals surface area (Å²) in [6, 6.07) is 7.76. The number of halogens is 1. The lowest BCUT2D eigenvalue weighted by Gasteiger charge is -2.05. The van der Waals surface area contributed by atoms with Crippen LogP contribution in [0.1, 0.15) is 18.4 Å². The van der Waals surface area contributed by atoms with E-state index in [0.29, 0.717) is 18.8 Å². The summed E-state index contributed by atoms with van der Waals surface area (Å²) in [6.45, 7) is 0.658. The average molecular weight is 256 g/mol. The molecule has 0 radical (unpaired) electrons. The van der Waals surface area contributed by atoms with Crippen LogP contribution in [0.15, 0.2) is 24.3 Å². The summed E-state index contributed by atoms with van der Waals surface area (Å²) in [6.07, 6.45) is 2.07. The summed E-state index contributed by atoms with van der Waals surface area (Å²) in [4.78, 5) is 11.4. The largest absolute Gasteiger partial charge is 0.497 e. The van der Waals surface area contributed by atoms with Crippen molar-refractivity contribution in [1.82, 2.24) is 5.32 Å². The molecule has 1 aromatic carbocycles. The van der Waals surface area contributed by atoms with Gasteiger partial charge in [0.15, 0.2) is 0 Å². The van der Waals surface area contributed by atoms with Crippen LogP contribution in [0.4, 0.5) is 0 Å². The smallest absolute Gasteiger partial charge is 0.220 e. The summed E-state index contributed by atoms with van der Waals surface area (Å²) in [5.41, 5.74) is 1.14. The Balaban J connectivity index is 2.27. The van der Waals surface area contributed by atoms with Gasteiger partial charge in [0.2, 0.25) is 5.91 Å². The Morgan fingerprint density at radius 2 is 2.06 bits per heavy atom. The van der Waals surface area contributed by atoms with Crippen molar-refractivity contribution in [3.8, 4) is 5.75 Å². The molecular formula is C13H18ClNO2. The van der Waals surface area contributed by atoms with Crippen LogP contribution in [0, 0.1) is 0 Å². The molecule has 0 fully saturated rings. The molecule has 3 nitrogen and oxygen atoms in total. The van der Waals surface area contributed by atoms with E-state index >= 15 is 0 Å². The second-order valence-corrected chi connectivity index (χ2v) is 4.12. The minimum atomic E-state index is 0.0749.